The molecule has 3 rings (SSSR count). The molecule has 23 heavy (non-hydrogen) atoms. The first-order chi connectivity index (χ1) is 11.2. The second kappa shape index (κ2) is 6.75. The summed E-state index contributed by atoms with van der Waals surface area (Å²) in [5.41, 5.74) is 3.17. The van der Waals surface area contributed by atoms with Gasteiger partial charge in [0.2, 0.25) is 0 Å². The molecule has 0 unspecified atom stereocenters. The third-order valence-corrected chi connectivity index (χ3v) is 3.43. The zero-order valence-corrected chi connectivity index (χ0v) is 12.3. The van der Waals surface area contributed by atoms with E-state index < -0.39 is 5.97 Å². The Morgan fingerprint density at radius 3 is 2.30 bits per heavy atom. The number of benzene rings is 2. The van der Waals surface area contributed by atoms with Gasteiger partial charge in [0.05, 0.1) is 0 Å². The topological polar surface area (TPSA) is 59.4 Å². The van der Waals surface area contributed by atoms with Gasteiger partial charge < -0.3 is 9.84 Å². The Bertz CT molecular complexity index is 798. The third kappa shape index (κ3) is 3.55. The zero-order valence-electron chi connectivity index (χ0n) is 12.3. The Balaban J connectivity index is 1.71. The van der Waals surface area contributed by atoms with Crippen LogP contribution in [-0.2, 0) is 6.61 Å². The summed E-state index contributed by atoms with van der Waals surface area (Å²) < 4.78 is 5.59. The summed E-state index contributed by atoms with van der Waals surface area (Å²) in [6.45, 7) is 0.293. The van der Waals surface area contributed by atoms with Crippen LogP contribution in [0, 0.1) is 0 Å². The standard InChI is InChI=1S/C19H15NO3/c21-19(22)18-17(7-4-12-20-18)23-13-14-8-10-16(11-9-14)15-5-2-1-3-6-15/h1-12H,13H2,(H,21,22). The summed E-state index contributed by atoms with van der Waals surface area (Å²) in [5.74, 6) is -0.827. The molecule has 114 valence electrons. The molecule has 0 aliphatic carbocycles. The van der Waals surface area contributed by atoms with Gasteiger partial charge in [-0.25, -0.2) is 9.78 Å². The molecule has 2 aromatic carbocycles. The highest BCUT2D eigenvalue weighted by Gasteiger charge is 2.12. The van der Waals surface area contributed by atoms with E-state index in [4.69, 9.17) is 9.84 Å². The Kier molecular flexibility index (Phi) is 4.34. The molecule has 0 bridgehead atoms. The largest absolute Gasteiger partial charge is 0.486 e. The van der Waals surface area contributed by atoms with Crippen LogP contribution in [0.2, 0.25) is 0 Å². The lowest BCUT2D eigenvalue weighted by molar-refractivity contribution is 0.0685. The monoisotopic (exact) mass is 305 g/mol. The van der Waals surface area contributed by atoms with E-state index in [-0.39, 0.29) is 11.4 Å². The van der Waals surface area contributed by atoms with E-state index in [1.807, 2.05) is 42.5 Å². The molecule has 4 heteroatoms. The van der Waals surface area contributed by atoms with Crippen molar-refractivity contribution in [1.29, 1.82) is 0 Å². The highest BCUT2D eigenvalue weighted by atomic mass is 16.5. The average Bonchev–Trinajstić information content (AvgIpc) is 2.61. The lowest BCUT2D eigenvalue weighted by Gasteiger charge is -2.09. The number of ether oxygens (including phenoxy) is 1. The minimum absolute atomic E-state index is 0.0756. The molecule has 1 heterocycles. The van der Waals surface area contributed by atoms with Crippen LogP contribution in [0.25, 0.3) is 11.1 Å². The Morgan fingerprint density at radius 2 is 1.61 bits per heavy atom. The van der Waals surface area contributed by atoms with Crippen molar-refractivity contribution in [2.75, 3.05) is 0 Å². The average molecular weight is 305 g/mol. The normalized spacial score (nSPS) is 10.3. The fourth-order valence-corrected chi connectivity index (χ4v) is 2.25. The van der Waals surface area contributed by atoms with Gasteiger partial charge in [-0.2, -0.15) is 0 Å². The van der Waals surface area contributed by atoms with Gasteiger partial charge in [-0.3, -0.25) is 0 Å². The van der Waals surface area contributed by atoms with Crippen molar-refractivity contribution >= 4 is 5.97 Å². The van der Waals surface area contributed by atoms with Crippen molar-refractivity contribution in [1.82, 2.24) is 4.98 Å². The molecular weight excluding hydrogens is 290 g/mol. The number of aromatic carboxylic acids is 1. The Hall–Kier alpha value is -3.14. The maximum atomic E-state index is 11.1. The first-order valence-electron chi connectivity index (χ1n) is 7.19. The van der Waals surface area contributed by atoms with Gasteiger partial charge in [0.25, 0.3) is 0 Å². The fourth-order valence-electron chi connectivity index (χ4n) is 2.25. The molecule has 0 radical (unpaired) electrons. The number of carbonyl (C=O) groups is 1. The molecule has 0 atom stereocenters. The van der Waals surface area contributed by atoms with Crippen LogP contribution < -0.4 is 4.74 Å². The van der Waals surface area contributed by atoms with Crippen LogP contribution in [0.4, 0.5) is 0 Å². The van der Waals surface area contributed by atoms with Gasteiger partial charge in [-0.1, -0.05) is 54.6 Å². The maximum absolute atomic E-state index is 11.1. The van der Waals surface area contributed by atoms with Crippen molar-refractivity contribution < 1.29 is 14.6 Å². The van der Waals surface area contributed by atoms with Crippen LogP contribution in [-0.4, -0.2) is 16.1 Å². The summed E-state index contributed by atoms with van der Waals surface area (Å²) in [7, 11) is 0. The summed E-state index contributed by atoms with van der Waals surface area (Å²) in [6.07, 6.45) is 1.44. The molecule has 4 nitrogen and oxygen atoms in total. The van der Waals surface area contributed by atoms with Crippen molar-refractivity contribution in [2.45, 2.75) is 6.61 Å². The Labute approximate surface area is 134 Å². The molecule has 0 amide bonds. The molecule has 0 fully saturated rings. The van der Waals surface area contributed by atoms with Gasteiger partial charge >= 0.3 is 5.97 Å². The van der Waals surface area contributed by atoms with E-state index in [1.54, 1.807) is 12.1 Å². The molecule has 1 N–H and O–H groups in total. The van der Waals surface area contributed by atoms with Gasteiger partial charge in [0.15, 0.2) is 11.4 Å². The minimum Gasteiger partial charge on any atom is -0.486 e. The minimum atomic E-state index is -1.10. The fraction of sp³-hybridized carbons (Fsp3) is 0.0526. The summed E-state index contributed by atoms with van der Waals surface area (Å²) in [5, 5.41) is 9.08. The van der Waals surface area contributed by atoms with E-state index in [1.165, 1.54) is 6.20 Å². The summed E-state index contributed by atoms with van der Waals surface area (Å²) in [6, 6.07) is 21.3. The predicted molar refractivity (Wildman–Crippen MR) is 87.4 cm³/mol. The molecule has 3 aromatic rings. The van der Waals surface area contributed by atoms with Crippen molar-refractivity contribution in [3.63, 3.8) is 0 Å². The number of rotatable bonds is 5. The molecule has 0 aliphatic rings. The molecule has 0 saturated carbocycles. The number of hydrogen-bond donors (Lipinski definition) is 1. The third-order valence-electron chi connectivity index (χ3n) is 3.43. The van der Waals surface area contributed by atoms with Gasteiger partial charge in [0.1, 0.15) is 6.61 Å². The van der Waals surface area contributed by atoms with E-state index in [0.717, 1.165) is 16.7 Å². The van der Waals surface area contributed by atoms with Gasteiger partial charge in [-0.15, -0.1) is 0 Å². The van der Waals surface area contributed by atoms with Crippen LogP contribution in [0.1, 0.15) is 16.1 Å². The predicted octanol–water partition coefficient (Wildman–Crippen LogP) is 4.03. The second-order valence-electron chi connectivity index (χ2n) is 5.01. The zero-order chi connectivity index (χ0) is 16.1. The van der Waals surface area contributed by atoms with E-state index in [0.29, 0.717) is 6.61 Å². The summed E-state index contributed by atoms with van der Waals surface area (Å²) in [4.78, 5) is 14.9. The number of hydrogen-bond acceptors (Lipinski definition) is 3. The smallest absolute Gasteiger partial charge is 0.358 e. The van der Waals surface area contributed by atoms with E-state index in [9.17, 15) is 4.79 Å². The summed E-state index contributed by atoms with van der Waals surface area (Å²) >= 11 is 0. The quantitative estimate of drug-likeness (QED) is 0.773. The van der Waals surface area contributed by atoms with Crippen LogP contribution in [0.5, 0.6) is 5.75 Å². The van der Waals surface area contributed by atoms with E-state index in [2.05, 4.69) is 17.1 Å². The molecule has 1 aromatic heterocycles. The molecular formula is C19H15NO3. The van der Waals surface area contributed by atoms with Gasteiger partial charge in [0, 0.05) is 6.20 Å². The highest BCUT2D eigenvalue weighted by molar-refractivity contribution is 5.88. The van der Waals surface area contributed by atoms with Crippen molar-refractivity contribution in [3.8, 4) is 16.9 Å². The maximum Gasteiger partial charge on any atom is 0.358 e. The number of pyridine rings is 1. The van der Waals surface area contributed by atoms with Crippen LogP contribution >= 0.6 is 0 Å². The molecule has 0 saturated heterocycles. The van der Waals surface area contributed by atoms with Crippen molar-refractivity contribution in [2.24, 2.45) is 0 Å². The van der Waals surface area contributed by atoms with Crippen molar-refractivity contribution in [3.05, 3.63) is 84.2 Å². The number of aromatic nitrogens is 1. The van der Waals surface area contributed by atoms with Gasteiger partial charge in [-0.05, 0) is 28.8 Å². The second-order valence-corrected chi connectivity index (χ2v) is 5.01. The lowest BCUT2D eigenvalue weighted by atomic mass is 10.0. The SMILES string of the molecule is O=C(O)c1ncccc1OCc1ccc(-c2ccccc2)cc1. The van der Waals surface area contributed by atoms with E-state index >= 15 is 0 Å². The first kappa shape index (κ1) is 14.8. The first-order valence-corrected chi connectivity index (χ1v) is 7.19. The number of nitrogens with zero attached hydrogens (tertiary/aromatic N) is 1. The van der Waals surface area contributed by atoms with Crippen LogP contribution in [0.3, 0.4) is 0 Å². The number of carboxylic acid groups (broad SMARTS) is 1. The molecule has 0 aliphatic heterocycles. The van der Waals surface area contributed by atoms with Crippen LogP contribution in [0.15, 0.2) is 72.9 Å². The lowest BCUT2D eigenvalue weighted by Crippen LogP contribution is -2.05. The number of carboxylic acids is 1. The molecule has 0 spiro atoms. The Morgan fingerprint density at radius 1 is 0.913 bits per heavy atom. The highest BCUT2D eigenvalue weighted by Crippen LogP contribution is 2.21.